The van der Waals surface area contributed by atoms with Crippen LogP contribution in [0.5, 0.6) is 0 Å². The van der Waals surface area contributed by atoms with E-state index >= 15 is 0 Å². The Hall–Kier alpha value is -6.14. The summed E-state index contributed by atoms with van der Waals surface area (Å²) < 4.78 is 15.5. The fourth-order valence-electron chi connectivity index (χ4n) is 8.55. The van der Waals surface area contributed by atoms with Crippen molar-refractivity contribution in [2.45, 2.75) is 77.5 Å². The molecule has 2 aromatic carbocycles. The molecular formula is C45H54N8O7. The minimum atomic E-state index is -0.750. The summed E-state index contributed by atoms with van der Waals surface area (Å²) in [5.41, 5.74) is 5.64. The second-order valence-electron chi connectivity index (χ2n) is 16.9. The molecule has 15 heteroatoms. The van der Waals surface area contributed by atoms with E-state index in [0.717, 1.165) is 51.8 Å². The Morgan fingerprint density at radius 1 is 0.883 bits per heavy atom. The number of nitrogens with zero attached hydrogens (tertiary/aromatic N) is 4. The molecule has 60 heavy (non-hydrogen) atoms. The van der Waals surface area contributed by atoms with Gasteiger partial charge in [-0.2, -0.15) is 0 Å². The van der Waals surface area contributed by atoms with Crippen LogP contribution in [-0.4, -0.2) is 106 Å². The first-order valence-corrected chi connectivity index (χ1v) is 20.5. The number of H-pyrrole nitrogens is 2. The first-order valence-electron chi connectivity index (χ1n) is 20.5. The summed E-state index contributed by atoms with van der Waals surface area (Å²) in [6.07, 6.45) is 3.60. The number of imidazole rings is 2. The molecule has 7 rings (SSSR count). The number of amides is 4. The number of fused-ring (bicyclic) bond motifs is 1. The summed E-state index contributed by atoms with van der Waals surface area (Å²) in [4.78, 5) is 72.1. The van der Waals surface area contributed by atoms with Crippen LogP contribution in [-0.2, 0) is 23.8 Å². The van der Waals surface area contributed by atoms with Gasteiger partial charge in [-0.3, -0.25) is 9.59 Å². The van der Waals surface area contributed by atoms with Crippen LogP contribution in [0.3, 0.4) is 0 Å². The Bertz CT molecular complexity index is 2310. The van der Waals surface area contributed by atoms with Gasteiger partial charge in [-0.1, -0.05) is 63.8 Å². The lowest BCUT2D eigenvalue weighted by Gasteiger charge is -2.33. The standard InChI is InChI=1S/C45H54N8O7/c1-26(2)37(50-43(56)58-6)41(54)52-23-28(5)19-35(52)39-46-22-34(49-39)31-14-11-29(12-15-31)9-10-30-13-16-32-33(20-30)48-40(47-32)36-21-45(17-8-18-60-25-45)24-53(36)42(55)38(27(3)4)51-44(57)59-7/h11-16,20,22,26-27,35-38H,5,8,17-19,21,23-25H2,1-4,6-7H3,(H,46,49)(H,47,48)(H,50,56)(H,51,57)/t35-,36-,37-,38-,45+/m0/s1. The number of carbonyl (C=O) groups is 4. The largest absolute Gasteiger partial charge is 0.453 e. The van der Waals surface area contributed by atoms with Gasteiger partial charge in [0.2, 0.25) is 11.8 Å². The minimum Gasteiger partial charge on any atom is -0.453 e. The monoisotopic (exact) mass is 818 g/mol. The van der Waals surface area contributed by atoms with E-state index in [2.05, 4.69) is 44.0 Å². The van der Waals surface area contributed by atoms with Crippen molar-refractivity contribution in [1.82, 2.24) is 40.4 Å². The molecule has 316 valence electrons. The maximum absolute atomic E-state index is 14.1. The third-order valence-electron chi connectivity index (χ3n) is 11.8. The Morgan fingerprint density at radius 3 is 2.17 bits per heavy atom. The van der Waals surface area contributed by atoms with E-state index in [1.807, 2.05) is 75.1 Å². The fraction of sp³-hybridized carbons (Fsp3) is 0.467. The quantitative estimate of drug-likeness (QED) is 0.116. The Morgan fingerprint density at radius 2 is 1.53 bits per heavy atom. The van der Waals surface area contributed by atoms with Gasteiger partial charge in [-0.25, -0.2) is 19.6 Å². The number of hydrogen-bond acceptors (Lipinski definition) is 9. The normalized spacial score (nSPS) is 21.2. The van der Waals surface area contributed by atoms with Crippen molar-refractivity contribution >= 4 is 35.0 Å². The highest BCUT2D eigenvalue weighted by atomic mass is 16.5. The summed E-state index contributed by atoms with van der Waals surface area (Å²) in [6, 6.07) is 11.5. The summed E-state index contributed by atoms with van der Waals surface area (Å²) in [5.74, 6) is 7.19. The summed E-state index contributed by atoms with van der Waals surface area (Å²) in [6.45, 7) is 13.9. The Labute approximate surface area is 350 Å². The topological polar surface area (TPSA) is 184 Å². The number of rotatable bonds is 9. The van der Waals surface area contributed by atoms with Crippen LogP contribution in [0.25, 0.3) is 22.3 Å². The summed E-state index contributed by atoms with van der Waals surface area (Å²) >= 11 is 0. The zero-order valence-corrected chi connectivity index (χ0v) is 35.1. The van der Waals surface area contributed by atoms with Crippen LogP contribution in [0.15, 0.2) is 60.8 Å². The van der Waals surface area contributed by atoms with Crippen molar-refractivity contribution in [1.29, 1.82) is 0 Å². The van der Waals surface area contributed by atoms with Gasteiger partial charge < -0.3 is 44.6 Å². The molecule has 0 bridgehead atoms. The number of alkyl carbamates (subject to hydrolysis) is 2. The van der Waals surface area contributed by atoms with Crippen LogP contribution in [0.2, 0.25) is 0 Å². The molecule has 5 heterocycles. The molecule has 4 N–H and O–H groups in total. The number of benzene rings is 2. The first-order chi connectivity index (χ1) is 28.8. The lowest BCUT2D eigenvalue weighted by Crippen LogP contribution is -2.51. The van der Waals surface area contributed by atoms with Gasteiger partial charge in [0.25, 0.3) is 0 Å². The molecule has 1 spiro atoms. The number of likely N-dealkylation sites (tertiary alicyclic amines) is 2. The first kappa shape index (κ1) is 42.0. The molecule has 0 radical (unpaired) electrons. The lowest BCUT2D eigenvalue weighted by molar-refractivity contribution is -0.136. The molecule has 2 aromatic heterocycles. The molecule has 5 atom stereocenters. The van der Waals surface area contributed by atoms with E-state index in [4.69, 9.17) is 19.2 Å². The highest BCUT2D eigenvalue weighted by Gasteiger charge is 2.50. The van der Waals surface area contributed by atoms with Crippen molar-refractivity contribution < 1.29 is 33.4 Å². The van der Waals surface area contributed by atoms with Crippen LogP contribution < -0.4 is 10.6 Å². The number of aromatic amines is 2. The maximum Gasteiger partial charge on any atom is 0.407 e. The van der Waals surface area contributed by atoms with E-state index in [9.17, 15) is 19.2 Å². The molecule has 4 aromatic rings. The zero-order valence-electron chi connectivity index (χ0n) is 35.1. The van der Waals surface area contributed by atoms with E-state index in [0.29, 0.717) is 50.8 Å². The van der Waals surface area contributed by atoms with Crippen molar-refractivity contribution in [3.05, 3.63) is 83.6 Å². The molecule has 3 fully saturated rings. The van der Waals surface area contributed by atoms with Gasteiger partial charge in [-0.05, 0) is 73.4 Å². The van der Waals surface area contributed by atoms with Crippen molar-refractivity contribution in [3.8, 4) is 23.1 Å². The lowest BCUT2D eigenvalue weighted by atomic mass is 9.80. The van der Waals surface area contributed by atoms with E-state index in [1.54, 1.807) is 11.1 Å². The van der Waals surface area contributed by atoms with E-state index in [1.165, 1.54) is 14.2 Å². The molecule has 3 aliphatic heterocycles. The van der Waals surface area contributed by atoms with Crippen LogP contribution >= 0.6 is 0 Å². The second kappa shape index (κ2) is 17.6. The number of hydrogen-bond donors (Lipinski definition) is 4. The smallest absolute Gasteiger partial charge is 0.407 e. The third kappa shape index (κ3) is 8.89. The molecule has 4 amide bonds. The predicted molar refractivity (Wildman–Crippen MR) is 224 cm³/mol. The average molecular weight is 819 g/mol. The highest BCUT2D eigenvalue weighted by Crippen LogP contribution is 2.47. The molecule has 3 aliphatic rings. The van der Waals surface area contributed by atoms with Crippen molar-refractivity contribution in [3.63, 3.8) is 0 Å². The third-order valence-corrected chi connectivity index (χ3v) is 11.8. The Balaban J connectivity index is 1.06. The average Bonchev–Trinajstić information content (AvgIpc) is 4.06. The minimum absolute atomic E-state index is 0.152. The number of nitrogens with one attached hydrogen (secondary N) is 4. The molecule has 15 nitrogen and oxygen atoms in total. The van der Waals surface area contributed by atoms with Crippen LogP contribution in [0.4, 0.5) is 9.59 Å². The van der Waals surface area contributed by atoms with Crippen LogP contribution in [0.1, 0.15) is 88.2 Å². The number of carbonyl (C=O) groups excluding carboxylic acids is 4. The second-order valence-corrected chi connectivity index (χ2v) is 16.9. The number of methoxy groups -OCH3 is 2. The van der Waals surface area contributed by atoms with Crippen molar-refractivity contribution in [2.75, 3.05) is 40.5 Å². The predicted octanol–water partition coefficient (Wildman–Crippen LogP) is 6.01. The summed E-state index contributed by atoms with van der Waals surface area (Å²) in [7, 11) is 2.56. The van der Waals surface area contributed by atoms with Crippen molar-refractivity contribution in [2.24, 2.45) is 17.3 Å². The number of aromatic nitrogens is 4. The van der Waals surface area contributed by atoms with Gasteiger partial charge in [-0.15, -0.1) is 0 Å². The molecule has 0 saturated carbocycles. The Kier molecular flexibility index (Phi) is 12.3. The molecular weight excluding hydrogens is 765 g/mol. The highest BCUT2D eigenvalue weighted by molar-refractivity contribution is 5.88. The molecule has 3 saturated heterocycles. The van der Waals surface area contributed by atoms with Gasteiger partial charge in [0, 0.05) is 36.2 Å². The maximum atomic E-state index is 14.1. The van der Waals surface area contributed by atoms with Crippen LogP contribution in [0, 0.1) is 29.1 Å². The van der Waals surface area contributed by atoms with Gasteiger partial charge in [0.15, 0.2) is 0 Å². The summed E-state index contributed by atoms with van der Waals surface area (Å²) in [5, 5.41) is 5.42. The molecule has 0 aliphatic carbocycles. The van der Waals surface area contributed by atoms with Gasteiger partial charge in [0.1, 0.15) is 23.7 Å². The van der Waals surface area contributed by atoms with E-state index < -0.39 is 24.3 Å². The van der Waals surface area contributed by atoms with Gasteiger partial charge >= 0.3 is 12.2 Å². The zero-order chi connectivity index (χ0) is 42.7. The van der Waals surface area contributed by atoms with Gasteiger partial charge in [0.05, 0.1) is 55.8 Å². The SMILES string of the molecule is C=C1C[C@@H](c2ncc(-c3ccc(C#Cc4ccc5nc([C@@H]6C[C@]7(CCCOC7)CN6C(=O)[C@@H](NC(=O)OC)C(C)C)[nH]c5c4)cc3)[nH]2)N(C(=O)[C@@H](NC(=O)OC)C(C)C)C1. The van der Waals surface area contributed by atoms with E-state index in [-0.39, 0.29) is 41.1 Å². The molecule has 0 unspecified atom stereocenters. The fourth-order valence-corrected chi connectivity index (χ4v) is 8.55. The number of ether oxygens (including phenoxy) is 3.